The first-order valence-electron chi connectivity index (χ1n) is 37.9. The summed E-state index contributed by atoms with van der Waals surface area (Å²) >= 11 is 0. The number of rotatable bonds is 71. The average molecular weight is 1180 g/mol. The molecule has 0 aromatic carbocycles. The van der Waals surface area contributed by atoms with Gasteiger partial charge < -0.3 is 20.3 Å². The van der Waals surface area contributed by atoms with Crippen molar-refractivity contribution in [1.29, 1.82) is 0 Å². The minimum absolute atomic E-state index is 0.000424. The van der Waals surface area contributed by atoms with Crippen LogP contribution in [-0.2, 0) is 14.3 Å². The number of hydrogen-bond donors (Lipinski definition) is 3. The Morgan fingerprint density at radius 3 is 0.929 bits per heavy atom. The Labute approximate surface area is 525 Å². The van der Waals surface area contributed by atoms with Gasteiger partial charge in [0.1, 0.15) is 0 Å². The molecular formula is C78H147NO5. The van der Waals surface area contributed by atoms with Gasteiger partial charge in [0.25, 0.3) is 0 Å². The number of aliphatic hydroxyl groups excluding tert-OH is 2. The van der Waals surface area contributed by atoms with Crippen LogP contribution in [0.4, 0.5) is 0 Å². The summed E-state index contributed by atoms with van der Waals surface area (Å²) in [5, 5.41) is 23.4. The van der Waals surface area contributed by atoms with E-state index < -0.39 is 12.1 Å². The van der Waals surface area contributed by atoms with Crippen molar-refractivity contribution in [1.82, 2.24) is 5.32 Å². The van der Waals surface area contributed by atoms with Crippen LogP contribution in [0.2, 0.25) is 0 Å². The lowest BCUT2D eigenvalue weighted by Crippen LogP contribution is -2.45. The number of aliphatic hydroxyl groups is 2. The first kappa shape index (κ1) is 81.8. The Morgan fingerprint density at radius 2 is 0.595 bits per heavy atom. The highest BCUT2D eigenvalue weighted by Gasteiger charge is 2.20. The molecular weight excluding hydrogens is 1030 g/mol. The van der Waals surface area contributed by atoms with E-state index in [9.17, 15) is 19.8 Å². The molecule has 0 rings (SSSR count). The van der Waals surface area contributed by atoms with Crippen molar-refractivity contribution in [2.75, 3.05) is 13.2 Å². The van der Waals surface area contributed by atoms with E-state index in [1.807, 2.05) is 0 Å². The Hall–Kier alpha value is -2.18. The zero-order chi connectivity index (χ0) is 60.6. The van der Waals surface area contributed by atoms with Crippen LogP contribution in [0.1, 0.15) is 412 Å². The SMILES string of the molecule is CCCCC/C=C\C/C=C\CCCCCCCC(=O)OCCCCCCCCCCC/C=C\C/C=C\CCCCCCCCCCCCCCCCCCCC(=O)NC(CO)C(O)CCCCCCCCCCCCCCCCCCCCC. The fourth-order valence-electron chi connectivity index (χ4n) is 11.8. The second-order valence-electron chi connectivity index (χ2n) is 26.0. The lowest BCUT2D eigenvalue weighted by Gasteiger charge is -2.22. The first-order valence-corrected chi connectivity index (χ1v) is 37.9. The van der Waals surface area contributed by atoms with Crippen LogP contribution >= 0.6 is 0 Å². The molecule has 0 saturated carbocycles. The van der Waals surface area contributed by atoms with Gasteiger partial charge in [-0.05, 0) is 89.9 Å². The van der Waals surface area contributed by atoms with Crippen LogP contribution in [0.25, 0.3) is 0 Å². The number of hydrogen-bond acceptors (Lipinski definition) is 5. The molecule has 494 valence electrons. The van der Waals surface area contributed by atoms with E-state index in [-0.39, 0.29) is 18.5 Å². The van der Waals surface area contributed by atoms with Gasteiger partial charge in [0.15, 0.2) is 0 Å². The molecule has 0 fully saturated rings. The molecule has 6 nitrogen and oxygen atoms in total. The molecule has 0 aliphatic rings. The Balaban J connectivity index is 3.39. The third-order valence-corrected chi connectivity index (χ3v) is 17.6. The first-order chi connectivity index (χ1) is 41.5. The third-order valence-electron chi connectivity index (χ3n) is 17.6. The van der Waals surface area contributed by atoms with Gasteiger partial charge in [-0.1, -0.05) is 358 Å². The molecule has 0 aliphatic heterocycles. The lowest BCUT2D eigenvalue weighted by atomic mass is 10.0. The number of carbonyl (C=O) groups excluding carboxylic acids is 2. The standard InChI is InChI=1S/C78H147NO5/c1-3-5-7-9-11-13-15-17-19-20-36-39-43-46-50-54-58-62-66-70-76(81)75(74-80)79-77(82)71-67-63-59-55-51-47-44-40-37-34-32-30-28-26-24-22-21-23-25-27-29-31-33-35-38-41-45-49-53-57-61-65-69-73-84-78(83)72-68-64-60-56-52-48-42-18-16-14-12-10-8-6-4-2/h12,14,18,25,27,31,33,42,75-76,80-81H,3-11,13,15-17,19-24,26,28-30,32,34-41,43-74H2,1-2H3,(H,79,82)/b14-12-,27-25-,33-31-,42-18-. The molecule has 0 heterocycles. The van der Waals surface area contributed by atoms with Gasteiger partial charge in [0, 0.05) is 12.8 Å². The van der Waals surface area contributed by atoms with Gasteiger partial charge in [0.2, 0.25) is 5.91 Å². The van der Waals surface area contributed by atoms with Crippen molar-refractivity contribution in [3.05, 3.63) is 48.6 Å². The number of nitrogens with one attached hydrogen (secondary N) is 1. The van der Waals surface area contributed by atoms with Crippen LogP contribution in [0.15, 0.2) is 48.6 Å². The Morgan fingerprint density at radius 1 is 0.333 bits per heavy atom. The number of unbranched alkanes of at least 4 members (excludes halogenated alkanes) is 52. The molecule has 2 atom stereocenters. The predicted octanol–water partition coefficient (Wildman–Crippen LogP) is 24.8. The summed E-state index contributed by atoms with van der Waals surface area (Å²) in [6.45, 7) is 4.95. The maximum absolute atomic E-state index is 12.5. The summed E-state index contributed by atoms with van der Waals surface area (Å²) in [6, 6.07) is -0.541. The van der Waals surface area contributed by atoms with E-state index in [0.717, 1.165) is 57.8 Å². The monoisotopic (exact) mass is 1180 g/mol. The maximum Gasteiger partial charge on any atom is 0.305 e. The topological polar surface area (TPSA) is 95.9 Å². The summed E-state index contributed by atoms with van der Waals surface area (Å²) in [7, 11) is 0. The summed E-state index contributed by atoms with van der Waals surface area (Å²) < 4.78 is 5.48. The normalized spacial score (nSPS) is 12.8. The van der Waals surface area contributed by atoms with Crippen LogP contribution in [-0.4, -0.2) is 47.4 Å². The fourth-order valence-corrected chi connectivity index (χ4v) is 11.8. The molecule has 6 heteroatoms. The Bertz CT molecular complexity index is 1400. The molecule has 3 N–H and O–H groups in total. The molecule has 0 radical (unpaired) electrons. The van der Waals surface area contributed by atoms with Gasteiger partial charge in [0.05, 0.1) is 25.4 Å². The molecule has 84 heavy (non-hydrogen) atoms. The van der Waals surface area contributed by atoms with Crippen molar-refractivity contribution < 1.29 is 24.5 Å². The van der Waals surface area contributed by atoms with Crippen molar-refractivity contribution in [2.24, 2.45) is 0 Å². The molecule has 0 saturated heterocycles. The second kappa shape index (κ2) is 73.3. The summed E-state index contributed by atoms with van der Waals surface area (Å²) in [4.78, 5) is 24.6. The number of carbonyl (C=O) groups is 2. The number of esters is 1. The molecule has 1 amide bonds. The minimum atomic E-state index is -0.664. The zero-order valence-electron chi connectivity index (χ0n) is 56.6. The highest BCUT2D eigenvalue weighted by Crippen LogP contribution is 2.19. The zero-order valence-corrected chi connectivity index (χ0v) is 56.6. The van der Waals surface area contributed by atoms with Gasteiger partial charge in [-0.25, -0.2) is 0 Å². The molecule has 0 spiro atoms. The van der Waals surface area contributed by atoms with E-state index in [2.05, 4.69) is 67.8 Å². The quantitative estimate of drug-likeness (QED) is 0.0320. The summed E-state index contributed by atoms with van der Waals surface area (Å²) in [6.07, 6.45) is 96.1. The fraction of sp³-hybridized carbons (Fsp3) is 0.872. The minimum Gasteiger partial charge on any atom is -0.466 e. The van der Waals surface area contributed by atoms with Crippen LogP contribution in [0, 0.1) is 0 Å². The average Bonchev–Trinajstić information content (AvgIpc) is 3.51. The van der Waals surface area contributed by atoms with E-state index in [1.165, 1.54) is 321 Å². The largest absolute Gasteiger partial charge is 0.466 e. The van der Waals surface area contributed by atoms with Gasteiger partial charge in [-0.15, -0.1) is 0 Å². The van der Waals surface area contributed by atoms with Crippen molar-refractivity contribution >= 4 is 11.9 Å². The molecule has 0 aliphatic carbocycles. The number of ether oxygens (including phenoxy) is 1. The lowest BCUT2D eigenvalue weighted by molar-refractivity contribution is -0.143. The van der Waals surface area contributed by atoms with E-state index >= 15 is 0 Å². The van der Waals surface area contributed by atoms with Crippen molar-refractivity contribution in [3.8, 4) is 0 Å². The number of allylic oxidation sites excluding steroid dienone is 8. The highest BCUT2D eigenvalue weighted by atomic mass is 16.5. The van der Waals surface area contributed by atoms with E-state index in [4.69, 9.17) is 4.74 Å². The van der Waals surface area contributed by atoms with Crippen LogP contribution in [0.3, 0.4) is 0 Å². The number of amides is 1. The second-order valence-corrected chi connectivity index (χ2v) is 26.0. The van der Waals surface area contributed by atoms with Gasteiger partial charge in [-0.3, -0.25) is 9.59 Å². The highest BCUT2D eigenvalue weighted by molar-refractivity contribution is 5.76. The van der Waals surface area contributed by atoms with Crippen LogP contribution in [0.5, 0.6) is 0 Å². The van der Waals surface area contributed by atoms with Gasteiger partial charge >= 0.3 is 5.97 Å². The molecule has 0 bridgehead atoms. The third kappa shape index (κ3) is 68.9. The Kier molecular flexibility index (Phi) is 71.4. The van der Waals surface area contributed by atoms with E-state index in [0.29, 0.717) is 25.9 Å². The van der Waals surface area contributed by atoms with Crippen LogP contribution < -0.4 is 5.32 Å². The molecule has 2 unspecified atom stereocenters. The van der Waals surface area contributed by atoms with Crippen molar-refractivity contribution in [2.45, 2.75) is 424 Å². The summed E-state index contributed by atoms with van der Waals surface area (Å²) in [5.74, 6) is -0.0289. The summed E-state index contributed by atoms with van der Waals surface area (Å²) in [5.41, 5.74) is 0. The van der Waals surface area contributed by atoms with Crippen molar-refractivity contribution in [3.63, 3.8) is 0 Å². The van der Waals surface area contributed by atoms with Gasteiger partial charge in [-0.2, -0.15) is 0 Å². The molecule has 0 aromatic rings. The van der Waals surface area contributed by atoms with E-state index in [1.54, 1.807) is 0 Å². The molecule has 0 aromatic heterocycles. The predicted molar refractivity (Wildman–Crippen MR) is 370 cm³/mol. The maximum atomic E-state index is 12.5. The smallest absolute Gasteiger partial charge is 0.305 e.